The maximum Gasteiger partial charge on any atom is 0.573 e. The van der Waals surface area contributed by atoms with Crippen molar-refractivity contribution in [3.8, 4) is 17.6 Å². The Bertz CT molecular complexity index is 1590. The summed E-state index contributed by atoms with van der Waals surface area (Å²) in [5.41, 5.74) is -0.110. The van der Waals surface area contributed by atoms with Crippen molar-refractivity contribution in [3.63, 3.8) is 0 Å². The standard InChI is InChI=1S/C25H24ClF4N3O5S.C2HF3O2/c26-18-7-16(8-19(10-18)38-25(28,29)30)13-33-5-3-15(4-6-33)14-37-23-11-22(27)21(9-17(23)12-31)24(34)32-39(35,36)20-1-2-20;3-2(4,5)1(6)7/h7-11,15,20H,1-6,13-14H2,(H,32,34);(H,6,7). The lowest BCUT2D eigenvalue weighted by Crippen LogP contribution is -2.35. The lowest BCUT2D eigenvalue weighted by atomic mass is 9.97. The van der Waals surface area contributed by atoms with Crippen LogP contribution in [0.2, 0.25) is 5.02 Å². The molecule has 1 amide bonds. The van der Waals surface area contributed by atoms with Gasteiger partial charge in [0, 0.05) is 17.6 Å². The Morgan fingerprint density at radius 1 is 1.04 bits per heavy atom. The first-order valence-electron chi connectivity index (χ1n) is 13.3. The Hall–Kier alpha value is -3.82. The maximum atomic E-state index is 14.6. The molecule has 1 saturated carbocycles. The van der Waals surface area contributed by atoms with E-state index in [0.717, 1.165) is 18.2 Å². The number of nitrogens with one attached hydrogen (secondary N) is 1. The molecule has 0 spiro atoms. The van der Waals surface area contributed by atoms with Crippen molar-refractivity contribution in [2.24, 2.45) is 5.92 Å². The van der Waals surface area contributed by atoms with Crippen molar-refractivity contribution >= 4 is 33.5 Å². The highest BCUT2D eigenvalue weighted by Gasteiger charge is 2.39. The van der Waals surface area contributed by atoms with Crippen molar-refractivity contribution in [2.45, 2.75) is 50.0 Å². The number of hydrogen-bond donors (Lipinski definition) is 2. The van der Waals surface area contributed by atoms with E-state index in [1.165, 1.54) is 6.07 Å². The van der Waals surface area contributed by atoms with E-state index >= 15 is 0 Å². The highest BCUT2D eigenvalue weighted by Crippen LogP contribution is 2.30. The molecule has 2 aromatic carbocycles. The molecule has 1 heterocycles. The first-order valence-corrected chi connectivity index (χ1v) is 15.2. The van der Waals surface area contributed by atoms with Gasteiger partial charge in [-0.3, -0.25) is 9.69 Å². The van der Waals surface area contributed by atoms with E-state index in [9.17, 15) is 49.2 Å². The van der Waals surface area contributed by atoms with Gasteiger partial charge in [0.1, 0.15) is 23.4 Å². The number of piperidine rings is 1. The molecule has 1 saturated heterocycles. The summed E-state index contributed by atoms with van der Waals surface area (Å²) in [5.74, 6) is -5.31. The van der Waals surface area contributed by atoms with Gasteiger partial charge in [0.25, 0.3) is 5.91 Å². The first kappa shape index (κ1) is 36.6. The highest BCUT2D eigenvalue weighted by molar-refractivity contribution is 7.91. The van der Waals surface area contributed by atoms with Crippen molar-refractivity contribution in [1.29, 1.82) is 5.26 Å². The zero-order chi connectivity index (χ0) is 34.4. The molecule has 1 aliphatic carbocycles. The van der Waals surface area contributed by atoms with Crippen LogP contribution >= 0.6 is 11.6 Å². The molecule has 2 fully saturated rings. The number of sulfonamides is 1. The number of hydrogen-bond acceptors (Lipinski definition) is 8. The largest absolute Gasteiger partial charge is 0.573 e. The summed E-state index contributed by atoms with van der Waals surface area (Å²) in [7, 11) is -3.88. The van der Waals surface area contributed by atoms with Gasteiger partial charge in [0.2, 0.25) is 10.0 Å². The van der Waals surface area contributed by atoms with E-state index < -0.39 is 51.1 Å². The number of benzene rings is 2. The fourth-order valence-corrected chi connectivity index (χ4v) is 5.80. The van der Waals surface area contributed by atoms with Crippen LogP contribution in [0.15, 0.2) is 30.3 Å². The molecular weight excluding hydrogens is 679 g/mol. The molecule has 0 unspecified atom stereocenters. The number of carboxylic acids is 1. The van der Waals surface area contributed by atoms with Gasteiger partial charge in [-0.1, -0.05) is 11.6 Å². The Kier molecular flexibility index (Phi) is 11.7. The monoisotopic (exact) mass is 703 g/mol. The van der Waals surface area contributed by atoms with Crippen LogP contribution in [0, 0.1) is 23.1 Å². The number of alkyl halides is 6. The number of carboxylic acid groups (broad SMARTS) is 1. The van der Waals surface area contributed by atoms with Crippen LogP contribution in [-0.4, -0.2) is 67.8 Å². The molecule has 4 rings (SSSR count). The van der Waals surface area contributed by atoms with Gasteiger partial charge >= 0.3 is 18.5 Å². The van der Waals surface area contributed by atoms with E-state index in [0.29, 0.717) is 50.9 Å². The Morgan fingerprint density at radius 3 is 2.17 bits per heavy atom. The first-order chi connectivity index (χ1) is 21.3. The number of rotatable bonds is 9. The van der Waals surface area contributed by atoms with Crippen LogP contribution in [-0.2, 0) is 21.4 Å². The minimum absolute atomic E-state index is 0.0600. The topological polar surface area (TPSA) is 146 Å². The Balaban J connectivity index is 0.000000738. The second-order valence-electron chi connectivity index (χ2n) is 10.3. The average Bonchev–Trinajstić information content (AvgIpc) is 3.77. The zero-order valence-corrected chi connectivity index (χ0v) is 25.0. The van der Waals surface area contributed by atoms with Gasteiger partial charge in [-0.25, -0.2) is 22.3 Å². The summed E-state index contributed by atoms with van der Waals surface area (Å²) in [5, 5.41) is 16.1. The molecule has 0 bridgehead atoms. The van der Waals surface area contributed by atoms with Gasteiger partial charge in [-0.05, 0) is 74.5 Å². The molecule has 2 N–H and O–H groups in total. The van der Waals surface area contributed by atoms with Gasteiger partial charge in [0.15, 0.2) is 0 Å². The highest BCUT2D eigenvalue weighted by atomic mass is 35.5. The fraction of sp³-hybridized carbons (Fsp3) is 0.444. The minimum atomic E-state index is -5.08. The van der Waals surface area contributed by atoms with E-state index in [1.807, 2.05) is 15.7 Å². The second kappa shape index (κ2) is 14.7. The maximum absolute atomic E-state index is 14.6. The normalized spacial score (nSPS) is 16.1. The lowest BCUT2D eigenvalue weighted by molar-refractivity contribution is -0.274. The predicted octanol–water partition coefficient (Wildman–Crippen LogP) is 5.40. The van der Waals surface area contributed by atoms with Crippen LogP contribution in [0.5, 0.6) is 11.5 Å². The molecule has 46 heavy (non-hydrogen) atoms. The third kappa shape index (κ3) is 11.2. The number of ether oxygens (including phenoxy) is 2. The molecular formula is C27H25ClF7N3O7S. The number of nitrogens with zero attached hydrogens (tertiary/aromatic N) is 2. The minimum Gasteiger partial charge on any atom is -0.492 e. The number of nitriles is 1. The average molecular weight is 704 g/mol. The van der Waals surface area contributed by atoms with Crippen LogP contribution in [0.1, 0.15) is 47.2 Å². The van der Waals surface area contributed by atoms with Gasteiger partial charge in [0.05, 0.1) is 23.0 Å². The SMILES string of the molecule is N#Cc1cc(C(=O)NS(=O)(=O)C2CC2)c(F)cc1OCC1CCN(Cc2cc(Cl)cc(OC(F)(F)F)c2)CC1.O=C(O)C(F)(F)F. The number of carbonyl (C=O) groups is 2. The number of halogens is 8. The molecule has 1 aliphatic heterocycles. The molecule has 0 radical (unpaired) electrons. The van der Waals surface area contributed by atoms with Gasteiger partial charge in [-0.15, -0.1) is 13.2 Å². The van der Waals surface area contributed by atoms with Gasteiger partial charge in [-0.2, -0.15) is 18.4 Å². The molecule has 10 nitrogen and oxygen atoms in total. The Labute approximate surface area is 262 Å². The number of carbonyl (C=O) groups excluding carboxylic acids is 1. The molecule has 19 heteroatoms. The molecule has 252 valence electrons. The van der Waals surface area contributed by atoms with Crippen molar-refractivity contribution in [1.82, 2.24) is 9.62 Å². The fourth-order valence-electron chi connectivity index (χ4n) is 4.26. The van der Waals surface area contributed by atoms with Crippen LogP contribution in [0.4, 0.5) is 30.7 Å². The summed E-state index contributed by atoms with van der Waals surface area (Å²) in [6.45, 7) is 1.77. The Morgan fingerprint density at radius 2 is 1.65 bits per heavy atom. The summed E-state index contributed by atoms with van der Waals surface area (Å²) in [6.07, 6.45) is -7.69. The number of amides is 1. The van der Waals surface area contributed by atoms with Crippen molar-refractivity contribution in [2.75, 3.05) is 19.7 Å². The van der Waals surface area contributed by atoms with Crippen molar-refractivity contribution < 1.29 is 63.3 Å². The molecule has 0 aromatic heterocycles. The van der Waals surface area contributed by atoms with Gasteiger partial charge < -0.3 is 14.6 Å². The third-order valence-corrected chi connectivity index (χ3v) is 8.66. The van der Waals surface area contributed by atoms with Crippen LogP contribution in [0.3, 0.4) is 0 Å². The summed E-state index contributed by atoms with van der Waals surface area (Å²) in [6, 6.07) is 7.66. The summed E-state index contributed by atoms with van der Waals surface area (Å²) in [4.78, 5) is 23.2. The van der Waals surface area contributed by atoms with E-state index in [-0.39, 0.29) is 34.6 Å². The number of likely N-dealkylation sites (tertiary alicyclic amines) is 1. The van der Waals surface area contributed by atoms with E-state index in [2.05, 4.69) is 4.74 Å². The summed E-state index contributed by atoms with van der Waals surface area (Å²) < 4.78 is 120. The number of aliphatic carboxylic acids is 1. The van der Waals surface area contributed by atoms with E-state index in [1.54, 1.807) is 6.07 Å². The second-order valence-corrected chi connectivity index (χ2v) is 12.7. The molecule has 2 aliphatic rings. The molecule has 0 atom stereocenters. The predicted molar refractivity (Wildman–Crippen MR) is 146 cm³/mol. The summed E-state index contributed by atoms with van der Waals surface area (Å²) >= 11 is 5.94. The van der Waals surface area contributed by atoms with Crippen LogP contribution < -0.4 is 14.2 Å². The quantitative estimate of drug-likeness (QED) is 0.328. The lowest BCUT2D eigenvalue weighted by Gasteiger charge is -2.32. The van der Waals surface area contributed by atoms with E-state index in [4.69, 9.17) is 26.2 Å². The van der Waals surface area contributed by atoms with Crippen LogP contribution in [0.25, 0.3) is 0 Å². The zero-order valence-electron chi connectivity index (χ0n) is 23.4. The molecule has 2 aromatic rings. The smallest absolute Gasteiger partial charge is 0.492 e. The van der Waals surface area contributed by atoms with Crippen molar-refractivity contribution in [3.05, 3.63) is 57.9 Å². The third-order valence-electron chi connectivity index (χ3n) is 6.63.